The number of ether oxygens (including phenoxy) is 3. The number of carbonyl (C=O) groups is 1. The predicted molar refractivity (Wildman–Crippen MR) is 99.5 cm³/mol. The first-order valence-electron chi connectivity index (χ1n) is 7.80. The fourth-order valence-electron chi connectivity index (χ4n) is 2.23. The fourth-order valence-corrected chi connectivity index (χ4v) is 2.68. The van der Waals surface area contributed by atoms with Gasteiger partial charge in [0.05, 0.1) is 10.7 Å². The van der Waals surface area contributed by atoms with Crippen molar-refractivity contribution in [3.8, 4) is 17.2 Å². The van der Waals surface area contributed by atoms with Gasteiger partial charge in [-0.3, -0.25) is 4.79 Å². The number of nitrogens with one attached hydrogen (secondary N) is 1. The van der Waals surface area contributed by atoms with E-state index in [2.05, 4.69) is 10.5 Å². The summed E-state index contributed by atoms with van der Waals surface area (Å²) in [7, 11) is 0. The lowest BCUT2D eigenvalue weighted by atomic mass is 10.1. The highest BCUT2D eigenvalue weighted by molar-refractivity contribution is 6.35. The first-order valence-corrected chi connectivity index (χ1v) is 8.55. The van der Waals surface area contributed by atoms with Gasteiger partial charge >= 0.3 is 0 Å². The van der Waals surface area contributed by atoms with Crippen LogP contribution in [0.3, 0.4) is 0 Å². The molecule has 1 aliphatic heterocycles. The standard InChI is InChI=1S/C18H16Cl2N2O4/c1-10(12-3-5-16-17(7-12)25-9-24-16)21-22-18(23)11(2)26-15-6-4-13(19)8-14(15)20/h3-8,11H,9H2,1-2H3,(H,22,23)/b21-10-/t11-/m1/s1. The maximum Gasteiger partial charge on any atom is 0.280 e. The Morgan fingerprint density at radius 1 is 1.19 bits per heavy atom. The molecule has 26 heavy (non-hydrogen) atoms. The molecule has 1 heterocycles. The number of hydrogen-bond acceptors (Lipinski definition) is 5. The molecule has 1 N–H and O–H groups in total. The summed E-state index contributed by atoms with van der Waals surface area (Å²) < 4.78 is 16.2. The molecule has 2 aromatic rings. The predicted octanol–water partition coefficient (Wildman–Crippen LogP) is 4.03. The Labute approximate surface area is 160 Å². The van der Waals surface area contributed by atoms with Crippen LogP contribution in [0.1, 0.15) is 19.4 Å². The molecule has 0 saturated heterocycles. The summed E-state index contributed by atoms with van der Waals surface area (Å²) in [4.78, 5) is 12.2. The zero-order valence-electron chi connectivity index (χ0n) is 14.1. The van der Waals surface area contributed by atoms with E-state index in [0.29, 0.717) is 33.0 Å². The largest absolute Gasteiger partial charge is 0.479 e. The fraction of sp³-hybridized carbons (Fsp3) is 0.222. The molecule has 0 aliphatic carbocycles. The average Bonchev–Trinajstić information content (AvgIpc) is 3.09. The summed E-state index contributed by atoms with van der Waals surface area (Å²) in [5, 5.41) is 4.93. The molecular formula is C18H16Cl2N2O4. The lowest BCUT2D eigenvalue weighted by Crippen LogP contribution is -2.34. The van der Waals surface area contributed by atoms with E-state index >= 15 is 0 Å². The third kappa shape index (κ3) is 4.20. The number of hydrazone groups is 1. The maximum atomic E-state index is 12.2. The van der Waals surface area contributed by atoms with E-state index in [1.54, 1.807) is 44.2 Å². The van der Waals surface area contributed by atoms with E-state index in [-0.39, 0.29) is 6.79 Å². The normalized spacial score (nSPS) is 14.1. The maximum absolute atomic E-state index is 12.2. The van der Waals surface area contributed by atoms with Crippen LogP contribution in [0.2, 0.25) is 10.0 Å². The van der Waals surface area contributed by atoms with Crippen molar-refractivity contribution >= 4 is 34.8 Å². The molecule has 0 spiro atoms. The number of fused-ring (bicyclic) bond motifs is 1. The summed E-state index contributed by atoms with van der Waals surface area (Å²) >= 11 is 11.9. The van der Waals surface area contributed by atoms with Crippen molar-refractivity contribution in [2.45, 2.75) is 20.0 Å². The highest BCUT2D eigenvalue weighted by Gasteiger charge is 2.17. The third-order valence-corrected chi connectivity index (χ3v) is 4.22. The lowest BCUT2D eigenvalue weighted by molar-refractivity contribution is -0.127. The van der Waals surface area contributed by atoms with Gasteiger partial charge in [0.1, 0.15) is 5.75 Å². The zero-order chi connectivity index (χ0) is 18.7. The smallest absolute Gasteiger partial charge is 0.280 e. The quantitative estimate of drug-likeness (QED) is 0.613. The van der Waals surface area contributed by atoms with Gasteiger partial charge in [0.25, 0.3) is 5.91 Å². The molecule has 0 radical (unpaired) electrons. The minimum Gasteiger partial charge on any atom is -0.479 e. The molecule has 8 heteroatoms. The molecule has 6 nitrogen and oxygen atoms in total. The Bertz CT molecular complexity index is 870. The van der Waals surface area contributed by atoms with Crippen molar-refractivity contribution in [1.29, 1.82) is 0 Å². The molecule has 1 amide bonds. The molecule has 0 aromatic heterocycles. The molecule has 0 unspecified atom stereocenters. The number of benzene rings is 2. The Hall–Kier alpha value is -2.44. The van der Waals surface area contributed by atoms with Crippen LogP contribution in [-0.4, -0.2) is 24.5 Å². The summed E-state index contributed by atoms with van der Waals surface area (Å²) in [6, 6.07) is 10.2. The number of carbonyl (C=O) groups excluding carboxylic acids is 1. The minimum atomic E-state index is -0.790. The number of hydrogen-bond donors (Lipinski definition) is 1. The first-order chi connectivity index (χ1) is 12.4. The van der Waals surface area contributed by atoms with Gasteiger partial charge in [-0.05, 0) is 50.2 Å². The highest BCUT2D eigenvalue weighted by Crippen LogP contribution is 2.32. The van der Waals surface area contributed by atoms with Gasteiger partial charge < -0.3 is 14.2 Å². The summed E-state index contributed by atoms with van der Waals surface area (Å²) in [5.41, 5.74) is 3.91. The van der Waals surface area contributed by atoms with Gasteiger partial charge in [-0.1, -0.05) is 23.2 Å². The Morgan fingerprint density at radius 3 is 2.73 bits per heavy atom. The van der Waals surface area contributed by atoms with E-state index in [0.717, 1.165) is 5.56 Å². The molecule has 2 aromatic carbocycles. The number of nitrogens with zero attached hydrogens (tertiary/aromatic N) is 1. The van der Waals surface area contributed by atoms with Crippen LogP contribution in [-0.2, 0) is 4.79 Å². The van der Waals surface area contributed by atoms with Crippen LogP contribution < -0.4 is 19.6 Å². The lowest BCUT2D eigenvalue weighted by Gasteiger charge is -2.14. The van der Waals surface area contributed by atoms with Gasteiger partial charge in [-0.2, -0.15) is 5.10 Å². The number of halogens is 2. The topological polar surface area (TPSA) is 69.2 Å². The van der Waals surface area contributed by atoms with Crippen LogP contribution in [0, 0.1) is 0 Å². The highest BCUT2D eigenvalue weighted by atomic mass is 35.5. The number of rotatable bonds is 5. The Kier molecular flexibility index (Phi) is 5.54. The van der Waals surface area contributed by atoms with Gasteiger partial charge in [0.2, 0.25) is 6.79 Å². The van der Waals surface area contributed by atoms with Crippen LogP contribution >= 0.6 is 23.2 Å². The Balaban J connectivity index is 1.62. The van der Waals surface area contributed by atoms with E-state index in [1.807, 2.05) is 6.07 Å². The van der Waals surface area contributed by atoms with E-state index in [9.17, 15) is 4.79 Å². The van der Waals surface area contributed by atoms with E-state index in [4.69, 9.17) is 37.4 Å². The molecule has 0 bridgehead atoms. The van der Waals surface area contributed by atoms with Crippen LogP contribution in [0.4, 0.5) is 0 Å². The second kappa shape index (κ2) is 7.85. The van der Waals surface area contributed by atoms with Gasteiger partial charge in [0, 0.05) is 10.6 Å². The van der Waals surface area contributed by atoms with Crippen molar-refractivity contribution in [2.75, 3.05) is 6.79 Å². The molecule has 1 aliphatic rings. The summed E-state index contributed by atoms with van der Waals surface area (Å²) in [6.45, 7) is 3.58. The minimum absolute atomic E-state index is 0.202. The molecule has 3 rings (SSSR count). The van der Waals surface area contributed by atoms with Crippen molar-refractivity contribution in [2.24, 2.45) is 5.10 Å². The summed E-state index contributed by atoms with van der Waals surface area (Å²) in [5.74, 6) is 1.30. The monoisotopic (exact) mass is 394 g/mol. The molecule has 0 saturated carbocycles. The average molecular weight is 395 g/mol. The second-order valence-electron chi connectivity index (χ2n) is 5.58. The summed E-state index contributed by atoms with van der Waals surface area (Å²) in [6.07, 6.45) is -0.790. The van der Waals surface area contributed by atoms with Crippen LogP contribution in [0.15, 0.2) is 41.5 Å². The zero-order valence-corrected chi connectivity index (χ0v) is 15.6. The van der Waals surface area contributed by atoms with Crippen molar-refractivity contribution in [3.63, 3.8) is 0 Å². The molecular weight excluding hydrogens is 379 g/mol. The van der Waals surface area contributed by atoms with Crippen molar-refractivity contribution in [3.05, 3.63) is 52.0 Å². The van der Waals surface area contributed by atoms with E-state index < -0.39 is 12.0 Å². The number of amides is 1. The second-order valence-corrected chi connectivity index (χ2v) is 6.42. The van der Waals surface area contributed by atoms with Crippen LogP contribution in [0.5, 0.6) is 17.2 Å². The third-order valence-electron chi connectivity index (χ3n) is 3.69. The van der Waals surface area contributed by atoms with Crippen LogP contribution in [0.25, 0.3) is 0 Å². The first kappa shape index (κ1) is 18.4. The van der Waals surface area contributed by atoms with Crippen molar-refractivity contribution < 1.29 is 19.0 Å². The molecule has 0 fully saturated rings. The van der Waals surface area contributed by atoms with Gasteiger partial charge in [0.15, 0.2) is 17.6 Å². The van der Waals surface area contributed by atoms with Gasteiger partial charge in [-0.25, -0.2) is 5.43 Å². The molecule has 136 valence electrons. The Morgan fingerprint density at radius 2 is 1.96 bits per heavy atom. The molecule has 1 atom stereocenters. The SMILES string of the molecule is C/C(=N/NC(=O)[C@@H](C)Oc1ccc(Cl)cc1Cl)c1ccc2c(c1)OCO2. The van der Waals surface area contributed by atoms with Gasteiger partial charge in [-0.15, -0.1) is 0 Å². The van der Waals surface area contributed by atoms with E-state index in [1.165, 1.54) is 0 Å². The van der Waals surface area contributed by atoms with Crippen molar-refractivity contribution in [1.82, 2.24) is 5.43 Å².